The topological polar surface area (TPSA) is 61.4 Å². The molecule has 0 aliphatic carbocycles. The number of halogens is 1. The first kappa shape index (κ1) is 22.4. The molecule has 1 unspecified atom stereocenters. The van der Waals surface area contributed by atoms with Gasteiger partial charge in [-0.15, -0.1) is 23.7 Å². The number of hydrogen-bond acceptors (Lipinski definition) is 4. The number of hydrogen-bond donors (Lipinski definition) is 2. The molecule has 2 aromatic rings. The maximum atomic E-state index is 13.0. The molecule has 2 heterocycles. The van der Waals surface area contributed by atoms with E-state index in [-0.39, 0.29) is 24.2 Å². The maximum absolute atomic E-state index is 13.0. The first-order valence-electron chi connectivity index (χ1n) is 9.54. The molecule has 1 aromatic heterocycles. The maximum Gasteiger partial charge on any atom is 0.256 e. The Kier molecular flexibility index (Phi) is 8.48. The normalized spacial score (nSPS) is 16.4. The van der Waals surface area contributed by atoms with Gasteiger partial charge in [0, 0.05) is 18.7 Å². The lowest BCUT2D eigenvalue weighted by molar-refractivity contribution is 0.0676. The smallest absolute Gasteiger partial charge is 0.256 e. The highest BCUT2D eigenvalue weighted by atomic mass is 35.5. The van der Waals surface area contributed by atoms with Gasteiger partial charge in [-0.1, -0.05) is 19.1 Å². The third-order valence-corrected chi connectivity index (χ3v) is 5.88. The summed E-state index contributed by atoms with van der Waals surface area (Å²) in [7, 11) is 1.94. The Bertz CT molecular complexity index is 789. The van der Waals surface area contributed by atoms with Gasteiger partial charge in [-0.2, -0.15) is 0 Å². The predicted octanol–water partition coefficient (Wildman–Crippen LogP) is 4.06. The number of benzene rings is 1. The third-order valence-electron chi connectivity index (χ3n) is 5.05. The monoisotopic (exact) mass is 421 g/mol. The van der Waals surface area contributed by atoms with Crippen molar-refractivity contribution in [3.63, 3.8) is 0 Å². The fraction of sp³-hybridized carbons (Fsp3) is 0.429. The van der Waals surface area contributed by atoms with Crippen LogP contribution in [-0.2, 0) is 6.42 Å². The summed E-state index contributed by atoms with van der Waals surface area (Å²) in [4.78, 5) is 27.5. The number of aryl methyl sites for hydroxylation is 1. The summed E-state index contributed by atoms with van der Waals surface area (Å²) in [6, 6.07) is 9.40. The van der Waals surface area contributed by atoms with Crippen molar-refractivity contribution in [3.05, 3.63) is 52.4 Å². The number of nitrogens with one attached hydrogen (secondary N) is 2. The predicted molar refractivity (Wildman–Crippen MR) is 118 cm³/mol. The zero-order valence-corrected chi connectivity index (χ0v) is 18.0. The van der Waals surface area contributed by atoms with Crippen molar-refractivity contribution in [2.45, 2.75) is 26.2 Å². The van der Waals surface area contributed by atoms with Crippen LogP contribution in [0.15, 0.2) is 35.7 Å². The van der Waals surface area contributed by atoms with E-state index in [4.69, 9.17) is 0 Å². The first-order chi connectivity index (χ1) is 13.1. The summed E-state index contributed by atoms with van der Waals surface area (Å²) >= 11 is 1.39. The van der Waals surface area contributed by atoms with Gasteiger partial charge < -0.3 is 15.5 Å². The number of carbonyl (C=O) groups is 2. The molecule has 0 radical (unpaired) electrons. The molecule has 28 heavy (non-hydrogen) atoms. The van der Waals surface area contributed by atoms with E-state index in [1.807, 2.05) is 47.7 Å². The van der Waals surface area contributed by atoms with Crippen molar-refractivity contribution in [1.29, 1.82) is 0 Å². The number of likely N-dealkylation sites (tertiary alicyclic amines) is 1. The fourth-order valence-electron chi connectivity index (χ4n) is 3.52. The second-order valence-electron chi connectivity index (χ2n) is 6.99. The van der Waals surface area contributed by atoms with Crippen LogP contribution in [-0.4, -0.2) is 43.4 Å². The van der Waals surface area contributed by atoms with Gasteiger partial charge in [-0.3, -0.25) is 9.59 Å². The van der Waals surface area contributed by atoms with Gasteiger partial charge in [0.05, 0.1) is 5.56 Å². The Morgan fingerprint density at radius 1 is 1.21 bits per heavy atom. The van der Waals surface area contributed by atoms with Gasteiger partial charge in [0.25, 0.3) is 11.8 Å². The van der Waals surface area contributed by atoms with E-state index < -0.39 is 0 Å². The minimum absolute atomic E-state index is 0. The molecule has 152 valence electrons. The highest BCUT2D eigenvalue weighted by Gasteiger charge is 2.26. The molecule has 0 bridgehead atoms. The number of carbonyl (C=O) groups excluding carboxylic acids is 2. The lowest BCUT2D eigenvalue weighted by atomic mass is 9.97. The zero-order chi connectivity index (χ0) is 19.2. The minimum Gasteiger partial charge on any atom is -0.338 e. The van der Waals surface area contributed by atoms with Crippen LogP contribution in [0, 0.1) is 5.92 Å². The van der Waals surface area contributed by atoms with E-state index in [1.165, 1.54) is 16.9 Å². The number of amides is 2. The van der Waals surface area contributed by atoms with E-state index in [9.17, 15) is 9.59 Å². The van der Waals surface area contributed by atoms with Crippen LogP contribution in [0.3, 0.4) is 0 Å². The quantitative estimate of drug-likeness (QED) is 0.739. The molecule has 1 saturated heterocycles. The number of anilines is 1. The molecule has 2 amide bonds. The van der Waals surface area contributed by atoms with Gasteiger partial charge in [0.2, 0.25) is 0 Å². The lowest BCUT2D eigenvalue weighted by Crippen LogP contribution is -2.42. The Hall–Kier alpha value is -1.89. The van der Waals surface area contributed by atoms with Crippen LogP contribution in [0.5, 0.6) is 0 Å². The molecule has 2 N–H and O–H groups in total. The Morgan fingerprint density at radius 2 is 1.96 bits per heavy atom. The minimum atomic E-state index is -0.180. The zero-order valence-electron chi connectivity index (χ0n) is 16.4. The summed E-state index contributed by atoms with van der Waals surface area (Å²) in [6.45, 7) is 4.55. The number of rotatable bonds is 6. The van der Waals surface area contributed by atoms with Crippen molar-refractivity contribution in [1.82, 2.24) is 10.2 Å². The van der Waals surface area contributed by atoms with E-state index in [0.29, 0.717) is 22.0 Å². The van der Waals surface area contributed by atoms with Gasteiger partial charge in [0.1, 0.15) is 5.00 Å². The molecule has 1 aliphatic rings. The molecule has 0 spiro atoms. The van der Waals surface area contributed by atoms with Gasteiger partial charge >= 0.3 is 0 Å². The molecular formula is C21H28ClN3O2S. The van der Waals surface area contributed by atoms with Crippen LogP contribution in [0.25, 0.3) is 0 Å². The molecule has 1 fully saturated rings. The number of thiophene rings is 1. The van der Waals surface area contributed by atoms with Crippen LogP contribution < -0.4 is 10.6 Å². The largest absolute Gasteiger partial charge is 0.338 e. The van der Waals surface area contributed by atoms with Crippen LogP contribution in [0.4, 0.5) is 5.00 Å². The van der Waals surface area contributed by atoms with Gasteiger partial charge in [0.15, 0.2) is 0 Å². The van der Waals surface area contributed by atoms with Crippen molar-refractivity contribution in [3.8, 4) is 0 Å². The summed E-state index contributed by atoms with van der Waals surface area (Å²) < 4.78 is 0. The molecule has 5 nitrogen and oxygen atoms in total. The Balaban J connectivity index is 0.00000280. The fourth-order valence-corrected chi connectivity index (χ4v) is 4.29. The van der Waals surface area contributed by atoms with E-state index in [1.54, 1.807) is 0 Å². The van der Waals surface area contributed by atoms with Crippen molar-refractivity contribution in [2.75, 3.05) is 32.0 Å². The Labute approximate surface area is 176 Å². The highest BCUT2D eigenvalue weighted by Crippen LogP contribution is 2.27. The van der Waals surface area contributed by atoms with Crippen LogP contribution in [0.2, 0.25) is 0 Å². The number of nitrogens with zero attached hydrogens (tertiary/aromatic N) is 1. The van der Waals surface area contributed by atoms with Crippen LogP contribution >= 0.6 is 23.7 Å². The molecule has 3 rings (SSSR count). The highest BCUT2D eigenvalue weighted by molar-refractivity contribution is 7.14. The average molecular weight is 422 g/mol. The molecule has 1 aromatic carbocycles. The molecule has 0 saturated carbocycles. The van der Waals surface area contributed by atoms with Crippen molar-refractivity contribution >= 4 is 40.6 Å². The average Bonchev–Trinajstić information content (AvgIpc) is 3.16. The van der Waals surface area contributed by atoms with Crippen molar-refractivity contribution < 1.29 is 9.59 Å². The molecule has 7 heteroatoms. The SMILES string of the molecule is CCc1ccc(C(=O)Nc2sccc2C(=O)N2CCCC(CNC)C2)cc1.Cl. The second kappa shape index (κ2) is 10.6. The van der Waals surface area contributed by atoms with E-state index >= 15 is 0 Å². The van der Waals surface area contributed by atoms with Crippen molar-refractivity contribution in [2.24, 2.45) is 5.92 Å². The summed E-state index contributed by atoms with van der Waals surface area (Å²) in [5.41, 5.74) is 2.38. The first-order valence-corrected chi connectivity index (χ1v) is 10.4. The number of piperidine rings is 1. The van der Waals surface area contributed by atoms with E-state index in [0.717, 1.165) is 38.9 Å². The third kappa shape index (κ3) is 5.34. The molecule has 1 atom stereocenters. The molecular weight excluding hydrogens is 394 g/mol. The lowest BCUT2D eigenvalue weighted by Gasteiger charge is -2.32. The summed E-state index contributed by atoms with van der Waals surface area (Å²) in [6.07, 6.45) is 3.11. The molecule has 1 aliphatic heterocycles. The van der Waals surface area contributed by atoms with Gasteiger partial charge in [-0.25, -0.2) is 0 Å². The summed E-state index contributed by atoms with van der Waals surface area (Å²) in [5, 5.41) is 8.61. The standard InChI is InChI=1S/C21H27N3O2S.ClH/c1-3-15-6-8-17(9-7-15)19(25)23-20-18(10-12-27-20)21(26)24-11-4-5-16(14-24)13-22-2;/h6-10,12,16,22H,3-5,11,13-14H2,1-2H3,(H,23,25);1H. The van der Waals surface area contributed by atoms with Crippen LogP contribution in [0.1, 0.15) is 46.0 Å². The Morgan fingerprint density at radius 3 is 2.64 bits per heavy atom. The second-order valence-corrected chi connectivity index (χ2v) is 7.90. The van der Waals surface area contributed by atoms with Gasteiger partial charge in [-0.05, 0) is 67.9 Å². The van der Waals surface area contributed by atoms with E-state index in [2.05, 4.69) is 17.6 Å². The summed E-state index contributed by atoms with van der Waals surface area (Å²) in [5.74, 6) is 0.316.